The van der Waals surface area contributed by atoms with Crippen molar-refractivity contribution in [3.63, 3.8) is 0 Å². The van der Waals surface area contributed by atoms with Crippen LogP contribution in [0.1, 0.15) is 5.56 Å². The van der Waals surface area contributed by atoms with Crippen molar-refractivity contribution in [1.82, 2.24) is 5.32 Å². The highest BCUT2D eigenvalue weighted by molar-refractivity contribution is 14.1. The van der Waals surface area contributed by atoms with Crippen LogP contribution in [0.5, 0.6) is 5.75 Å². The molecule has 23 heavy (non-hydrogen) atoms. The van der Waals surface area contributed by atoms with E-state index in [0.29, 0.717) is 0 Å². The summed E-state index contributed by atoms with van der Waals surface area (Å²) in [6.45, 7) is 0. The molecule has 0 bridgehead atoms. The number of rotatable bonds is 3. The van der Waals surface area contributed by atoms with Crippen LogP contribution in [-0.4, -0.2) is 35.5 Å². The minimum atomic E-state index is -0.742. The molecule has 0 spiro atoms. The number of hydrogen-bond donors (Lipinski definition) is 2. The van der Waals surface area contributed by atoms with Crippen molar-refractivity contribution >= 4 is 57.6 Å². The fourth-order valence-electron chi connectivity index (χ4n) is 1.44. The Labute approximate surface area is 147 Å². The number of carbonyl (C=O) groups excluding carboxylic acids is 2. The van der Waals surface area contributed by atoms with Crippen LogP contribution in [0.4, 0.5) is 4.39 Å². The average Bonchev–Trinajstić information content (AvgIpc) is 2.87. The lowest BCUT2D eigenvalue weighted by molar-refractivity contribution is -0.135. The molecule has 10 heteroatoms. The lowest BCUT2D eigenvalue weighted by atomic mass is 10.2. The fraction of sp³-hybridized carbons (Fsp3) is 0.0769. The summed E-state index contributed by atoms with van der Waals surface area (Å²) >= 11 is 2.66. The van der Waals surface area contributed by atoms with Gasteiger partial charge in [-0.2, -0.15) is 5.10 Å². The summed E-state index contributed by atoms with van der Waals surface area (Å²) in [4.78, 5) is 22.8. The van der Waals surface area contributed by atoms with Gasteiger partial charge in [0.25, 0.3) is 5.91 Å². The van der Waals surface area contributed by atoms with Gasteiger partial charge in [0.15, 0.2) is 16.7 Å². The van der Waals surface area contributed by atoms with Gasteiger partial charge in [-0.25, -0.2) is 9.18 Å². The second-order valence-corrected chi connectivity index (χ2v) is 6.23. The van der Waals surface area contributed by atoms with E-state index in [-0.39, 0.29) is 19.2 Å². The van der Waals surface area contributed by atoms with Gasteiger partial charge in [0.1, 0.15) is 0 Å². The molecule has 2 N–H and O–H groups in total. The van der Waals surface area contributed by atoms with Crippen LogP contribution in [0.15, 0.2) is 33.3 Å². The number of benzene rings is 1. The summed E-state index contributed by atoms with van der Waals surface area (Å²) in [5.74, 6) is -2.44. The number of ether oxygens (including phenoxy) is 1. The normalized spacial score (nSPS) is 18.0. The van der Waals surface area contributed by atoms with Gasteiger partial charge in [-0.1, -0.05) is 0 Å². The van der Waals surface area contributed by atoms with Gasteiger partial charge in [-0.3, -0.25) is 10.1 Å². The number of hydrogen-bond acceptors (Lipinski definition) is 7. The number of phenolic OH excluding ortho intramolecular Hbond substituents is 1. The van der Waals surface area contributed by atoms with E-state index >= 15 is 0 Å². The molecular weight excluding hydrogens is 440 g/mol. The predicted octanol–water partition coefficient (Wildman–Crippen LogP) is 1.75. The van der Waals surface area contributed by atoms with Gasteiger partial charge in [0, 0.05) is 11.6 Å². The van der Waals surface area contributed by atoms with Crippen molar-refractivity contribution in [1.29, 1.82) is 0 Å². The van der Waals surface area contributed by atoms with Gasteiger partial charge >= 0.3 is 5.97 Å². The molecule has 7 nitrogen and oxygen atoms in total. The van der Waals surface area contributed by atoms with E-state index in [1.807, 2.05) is 0 Å². The maximum absolute atomic E-state index is 13.5. The lowest BCUT2D eigenvalue weighted by Crippen LogP contribution is -2.19. The summed E-state index contributed by atoms with van der Waals surface area (Å²) in [6, 6.07) is 2.96. The Morgan fingerprint density at radius 1 is 1.52 bits per heavy atom. The molecule has 0 aliphatic carbocycles. The summed E-state index contributed by atoms with van der Waals surface area (Å²) < 4.78 is 18.2. The van der Waals surface area contributed by atoms with Crippen molar-refractivity contribution in [3.05, 3.63) is 38.1 Å². The molecule has 1 aliphatic rings. The monoisotopic (exact) mass is 449 g/mol. The number of amides is 1. The van der Waals surface area contributed by atoms with Gasteiger partial charge < -0.3 is 9.84 Å². The van der Waals surface area contributed by atoms with Crippen LogP contribution in [0, 0.1) is 9.39 Å². The van der Waals surface area contributed by atoms with E-state index in [9.17, 15) is 19.1 Å². The maximum Gasteiger partial charge on any atom is 0.331 e. The summed E-state index contributed by atoms with van der Waals surface area (Å²) in [6.07, 6.45) is 2.18. The Morgan fingerprint density at radius 3 is 2.96 bits per heavy atom. The van der Waals surface area contributed by atoms with Crippen LogP contribution in [0.2, 0.25) is 0 Å². The minimum absolute atomic E-state index is 0.119. The van der Waals surface area contributed by atoms with Crippen LogP contribution in [0.3, 0.4) is 0 Å². The molecular formula is C13H9FIN3O4S. The van der Waals surface area contributed by atoms with Gasteiger partial charge in [0.05, 0.1) is 21.8 Å². The number of thioether (sulfide) groups is 1. The number of amidine groups is 1. The molecule has 0 aromatic heterocycles. The number of methoxy groups -OCH3 is 1. The smallest absolute Gasteiger partial charge is 0.331 e. The summed E-state index contributed by atoms with van der Waals surface area (Å²) in [5.41, 5.74) is 0.145. The molecule has 0 saturated carbocycles. The Hall–Kier alpha value is -1.95. The third-order valence-electron chi connectivity index (χ3n) is 2.55. The van der Waals surface area contributed by atoms with Crippen molar-refractivity contribution in [2.75, 3.05) is 7.11 Å². The highest BCUT2D eigenvalue weighted by Crippen LogP contribution is 2.25. The Balaban J connectivity index is 2.13. The highest BCUT2D eigenvalue weighted by atomic mass is 127. The van der Waals surface area contributed by atoms with Crippen molar-refractivity contribution in [2.24, 2.45) is 10.2 Å². The van der Waals surface area contributed by atoms with Crippen LogP contribution < -0.4 is 5.32 Å². The topological polar surface area (TPSA) is 100 Å². The predicted molar refractivity (Wildman–Crippen MR) is 91.6 cm³/mol. The molecule has 1 aliphatic heterocycles. The van der Waals surface area contributed by atoms with Crippen LogP contribution in [0.25, 0.3) is 0 Å². The standard InChI is InChI=1S/C13H9FIN3O4S/c1-22-9(19)4-8-12(21)17-13(23-8)18-16-5-6-2-3-7(15)10(14)11(6)20/h2-5,20H,1H3,(H,17,18,21)/b8-4+,16-5?. The zero-order valence-corrected chi connectivity index (χ0v) is 14.5. The molecule has 120 valence electrons. The molecule has 1 aromatic rings. The third kappa shape index (κ3) is 4.28. The Kier molecular flexibility index (Phi) is 5.71. The maximum atomic E-state index is 13.5. The fourth-order valence-corrected chi connectivity index (χ4v) is 2.62. The summed E-state index contributed by atoms with van der Waals surface area (Å²) in [5, 5.41) is 19.6. The first-order valence-corrected chi connectivity index (χ1v) is 7.88. The Morgan fingerprint density at radius 2 is 2.26 bits per heavy atom. The SMILES string of the molecule is COC(=O)/C=C1/S/C(=N\N=Cc2ccc(I)c(F)c2O)NC1=O. The van der Waals surface area contributed by atoms with Crippen LogP contribution >= 0.6 is 34.4 Å². The quantitative estimate of drug-likeness (QED) is 0.241. The number of carbonyl (C=O) groups is 2. The van der Waals surface area contributed by atoms with E-state index in [1.54, 1.807) is 22.6 Å². The Bertz CT molecular complexity index is 764. The van der Waals surface area contributed by atoms with E-state index in [1.165, 1.54) is 19.2 Å². The molecule has 1 fully saturated rings. The number of phenols is 1. The van der Waals surface area contributed by atoms with E-state index in [0.717, 1.165) is 24.1 Å². The molecule has 1 aromatic carbocycles. The van der Waals surface area contributed by atoms with Gasteiger partial charge in [-0.05, 0) is 46.5 Å². The second-order valence-electron chi connectivity index (χ2n) is 4.04. The van der Waals surface area contributed by atoms with Crippen molar-refractivity contribution < 1.29 is 23.8 Å². The third-order valence-corrected chi connectivity index (χ3v) is 4.28. The minimum Gasteiger partial charge on any atom is -0.504 e. The molecule has 0 atom stereocenters. The van der Waals surface area contributed by atoms with Gasteiger partial charge in [0.2, 0.25) is 0 Å². The molecule has 0 unspecified atom stereocenters. The number of aromatic hydroxyl groups is 1. The first-order chi connectivity index (χ1) is 10.9. The van der Waals surface area contributed by atoms with Crippen molar-refractivity contribution in [2.45, 2.75) is 0 Å². The second kappa shape index (κ2) is 7.55. The summed E-state index contributed by atoms with van der Waals surface area (Å²) in [7, 11) is 1.20. The van der Waals surface area contributed by atoms with E-state index < -0.39 is 23.4 Å². The first kappa shape index (κ1) is 17.4. The number of esters is 1. The molecule has 2 rings (SSSR count). The van der Waals surface area contributed by atoms with E-state index in [4.69, 9.17) is 0 Å². The molecule has 1 amide bonds. The number of nitrogens with one attached hydrogen (secondary N) is 1. The first-order valence-electron chi connectivity index (χ1n) is 5.99. The van der Waals surface area contributed by atoms with E-state index in [2.05, 4.69) is 20.3 Å². The lowest BCUT2D eigenvalue weighted by Gasteiger charge is -2.00. The van der Waals surface area contributed by atoms with Crippen LogP contribution in [-0.2, 0) is 14.3 Å². The molecule has 0 radical (unpaired) electrons. The highest BCUT2D eigenvalue weighted by Gasteiger charge is 2.25. The molecule has 1 heterocycles. The average molecular weight is 449 g/mol. The number of nitrogens with zero attached hydrogens (tertiary/aromatic N) is 2. The van der Waals surface area contributed by atoms with Crippen molar-refractivity contribution in [3.8, 4) is 5.75 Å². The number of halogens is 2. The zero-order valence-electron chi connectivity index (χ0n) is 11.5. The van der Waals surface area contributed by atoms with Gasteiger partial charge in [-0.15, -0.1) is 5.10 Å². The molecule has 1 saturated heterocycles. The largest absolute Gasteiger partial charge is 0.504 e. The zero-order chi connectivity index (χ0) is 17.0.